The Labute approximate surface area is 157 Å². The van der Waals surface area contributed by atoms with Crippen LogP contribution in [0.2, 0.25) is 18.1 Å². The van der Waals surface area contributed by atoms with Gasteiger partial charge in [-0.15, -0.1) is 0 Å². The number of carboxylic acid groups (broad SMARTS) is 1. The van der Waals surface area contributed by atoms with Crippen LogP contribution in [0.25, 0.3) is 0 Å². The summed E-state index contributed by atoms with van der Waals surface area (Å²) in [4.78, 5) is 11.0. The van der Waals surface area contributed by atoms with E-state index in [-0.39, 0.29) is 5.04 Å². The summed E-state index contributed by atoms with van der Waals surface area (Å²) in [5.74, 6) is -0.241. The second kappa shape index (κ2) is 7.70. The number of carbonyl (C=O) groups is 1. The fourth-order valence-corrected chi connectivity index (χ4v) is 4.19. The van der Waals surface area contributed by atoms with Gasteiger partial charge in [0.15, 0.2) is 6.10 Å². The Morgan fingerprint density at radius 3 is 2.27 bits per heavy atom. The van der Waals surface area contributed by atoms with Crippen LogP contribution in [0.5, 0.6) is 5.75 Å². The topological polar surface area (TPSA) is 87.0 Å². The van der Waals surface area contributed by atoms with Crippen molar-refractivity contribution >= 4 is 14.3 Å². The molecule has 1 fully saturated rings. The van der Waals surface area contributed by atoms with Crippen LogP contribution >= 0.6 is 0 Å². The molecule has 1 aromatic carbocycles. The first-order valence-electron chi connectivity index (χ1n) is 9.36. The minimum absolute atomic E-state index is 0.0671. The molecule has 0 amide bonds. The summed E-state index contributed by atoms with van der Waals surface area (Å²) in [5, 5.41) is 28.9. The van der Waals surface area contributed by atoms with E-state index < -0.39 is 26.5 Å². The summed E-state index contributed by atoms with van der Waals surface area (Å²) in [5.41, 5.74) is 1.45. The Kier molecular flexibility index (Phi) is 6.20. The van der Waals surface area contributed by atoms with E-state index in [0.717, 1.165) is 37.0 Å². The number of aliphatic hydroxyl groups is 2. The van der Waals surface area contributed by atoms with Crippen LogP contribution in [0.15, 0.2) is 18.2 Å². The number of hydrogen-bond acceptors (Lipinski definition) is 4. The van der Waals surface area contributed by atoms with Gasteiger partial charge in [-0.25, -0.2) is 4.79 Å². The zero-order chi connectivity index (χ0) is 19.7. The predicted octanol–water partition coefficient (Wildman–Crippen LogP) is 4.21. The lowest BCUT2D eigenvalue weighted by atomic mass is 9.92. The highest BCUT2D eigenvalue weighted by Gasteiger charge is 2.40. The van der Waals surface area contributed by atoms with Gasteiger partial charge in [-0.05, 0) is 60.2 Å². The average Bonchev–Trinajstić information content (AvgIpc) is 3.06. The fraction of sp³-hybridized carbons (Fsp3) is 0.650. The third-order valence-corrected chi connectivity index (χ3v) is 10.2. The van der Waals surface area contributed by atoms with Crippen LogP contribution in [-0.2, 0) is 4.79 Å². The Balaban J connectivity index is 2.41. The molecule has 0 spiro atoms. The van der Waals surface area contributed by atoms with Gasteiger partial charge in [0.2, 0.25) is 8.32 Å². The number of benzene rings is 1. The van der Waals surface area contributed by atoms with Crippen molar-refractivity contribution in [2.45, 2.75) is 82.7 Å². The first kappa shape index (κ1) is 20.9. The second-order valence-electron chi connectivity index (χ2n) is 8.87. The van der Waals surface area contributed by atoms with Crippen molar-refractivity contribution in [3.63, 3.8) is 0 Å². The summed E-state index contributed by atoms with van der Waals surface area (Å²) in [7, 11) is -2.02. The minimum atomic E-state index is -2.02. The van der Waals surface area contributed by atoms with Gasteiger partial charge in [-0.2, -0.15) is 0 Å². The third kappa shape index (κ3) is 4.48. The van der Waals surface area contributed by atoms with Gasteiger partial charge < -0.3 is 19.7 Å². The largest absolute Gasteiger partial charge is 0.543 e. The monoisotopic (exact) mass is 380 g/mol. The Morgan fingerprint density at radius 2 is 1.77 bits per heavy atom. The van der Waals surface area contributed by atoms with E-state index in [9.17, 15) is 15.0 Å². The number of aliphatic hydroxyl groups excluding tert-OH is 2. The van der Waals surface area contributed by atoms with Crippen molar-refractivity contribution in [1.29, 1.82) is 0 Å². The minimum Gasteiger partial charge on any atom is -0.543 e. The summed E-state index contributed by atoms with van der Waals surface area (Å²) in [6, 6.07) is 5.33. The summed E-state index contributed by atoms with van der Waals surface area (Å²) in [6.45, 7) is 11.0. The van der Waals surface area contributed by atoms with Crippen LogP contribution in [-0.4, -0.2) is 35.7 Å². The van der Waals surface area contributed by atoms with Crippen molar-refractivity contribution in [3.05, 3.63) is 29.3 Å². The molecular weight excluding hydrogens is 348 g/mol. The van der Waals surface area contributed by atoms with E-state index in [2.05, 4.69) is 33.9 Å². The molecule has 6 heteroatoms. The predicted molar refractivity (Wildman–Crippen MR) is 104 cm³/mol. The van der Waals surface area contributed by atoms with E-state index in [1.807, 2.05) is 12.1 Å². The molecule has 1 aliphatic rings. The van der Waals surface area contributed by atoms with Gasteiger partial charge in [-0.3, -0.25) is 0 Å². The van der Waals surface area contributed by atoms with E-state index in [4.69, 9.17) is 9.53 Å². The zero-order valence-corrected chi connectivity index (χ0v) is 17.5. The maximum absolute atomic E-state index is 11.0. The SMILES string of the molecule is CC(C)(C)[Si](C)(C)Oc1ccc(C(O)C(O)C(=O)O)cc1C1CCCC1. The Bertz CT molecular complexity index is 644. The quantitative estimate of drug-likeness (QED) is 0.644. The van der Waals surface area contributed by atoms with Crippen LogP contribution < -0.4 is 4.43 Å². The highest BCUT2D eigenvalue weighted by Crippen LogP contribution is 2.43. The lowest BCUT2D eigenvalue weighted by molar-refractivity contribution is -0.153. The smallest absolute Gasteiger partial charge is 0.335 e. The van der Waals surface area contributed by atoms with Gasteiger partial charge in [-0.1, -0.05) is 39.7 Å². The van der Waals surface area contributed by atoms with E-state index in [1.165, 1.54) is 0 Å². The van der Waals surface area contributed by atoms with Gasteiger partial charge in [0.25, 0.3) is 0 Å². The molecule has 0 aliphatic heterocycles. The van der Waals surface area contributed by atoms with Gasteiger partial charge in [0, 0.05) is 0 Å². The van der Waals surface area contributed by atoms with Gasteiger partial charge >= 0.3 is 5.97 Å². The first-order valence-corrected chi connectivity index (χ1v) is 12.3. The Hall–Kier alpha value is -1.37. The molecule has 5 nitrogen and oxygen atoms in total. The molecule has 0 aromatic heterocycles. The van der Waals surface area contributed by atoms with Crippen molar-refractivity contribution in [2.24, 2.45) is 0 Å². The van der Waals surface area contributed by atoms with E-state index in [0.29, 0.717) is 11.5 Å². The van der Waals surface area contributed by atoms with Crippen molar-refractivity contribution in [2.75, 3.05) is 0 Å². The van der Waals surface area contributed by atoms with Gasteiger partial charge in [0.1, 0.15) is 11.9 Å². The number of hydrogen-bond donors (Lipinski definition) is 3. The molecule has 1 aliphatic carbocycles. The molecule has 0 bridgehead atoms. The fourth-order valence-electron chi connectivity index (χ4n) is 3.15. The molecule has 2 atom stereocenters. The lowest BCUT2D eigenvalue weighted by Gasteiger charge is -2.37. The summed E-state index contributed by atoms with van der Waals surface area (Å²) < 4.78 is 6.53. The maximum atomic E-state index is 11.0. The number of aliphatic carboxylic acids is 1. The highest BCUT2D eigenvalue weighted by atomic mass is 28.4. The zero-order valence-electron chi connectivity index (χ0n) is 16.5. The second-order valence-corrected chi connectivity index (χ2v) is 13.6. The van der Waals surface area contributed by atoms with E-state index >= 15 is 0 Å². The van der Waals surface area contributed by atoms with Crippen LogP contribution in [0, 0.1) is 0 Å². The van der Waals surface area contributed by atoms with Crippen LogP contribution in [0.4, 0.5) is 0 Å². The molecule has 146 valence electrons. The third-order valence-electron chi connectivity index (χ3n) is 5.89. The molecule has 26 heavy (non-hydrogen) atoms. The molecule has 3 N–H and O–H groups in total. The molecule has 0 saturated heterocycles. The molecule has 1 saturated carbocycles. The van der Waals surface area contributed by atoms with Crippen molar-refractivity contribution in [3.8, 4) is 5.75 Å². The first-order chi connectivity index (χ1) is 11.9. The van der Waals surface area contributed by atoms with Gasteiger partial charge in [0.05, 0.1) is 0 Å². The highest BCUT2D eigenvalue weighted by molar-refractivity contribution is 6.74. The van der Waals surface area contributed by atoms with Crippen LogP contribution in [0.3, 0.4) is 0 Å². The van der Waals surface area contributed by atoms with Crippen molar-refractivity contribution in [1.82, 2.24) is 0 Å². The van der Waals surface area contributed by atoms with Crippen molar-refractivity contribution < 1.29 is 24.5 Å². The molecule has 2 unspecified atom stereocenters. The number of rotatable bonds is 6. The summed E-state index contributed by atoms with van der Waals surface area (Å²) in [6.07, 6.45) is 1.17. The molecule has 2 rings (SSSR count). The standard InChI is InChI=1S/C20H32O5Si/c1-20(2,3)26(4,5)25-16-11-10-14(17(21)18(22)19(23)24)12-15(16)13-8-6-7-9-13/h10-13,17-18,21-22H,6-9H2,1-5H3,(H,23,24). The Morgan fingerprint density at radius 1 is 1.19 bits per heavy atom. The molecule has 0 radical (unpaired) electrons. The lowest BCUT2D eigenvalue weighted by Crippen LogP contribution is -2.44. The van der Waals surface area contributed by atoms with E-state index in [1.54, 1.807) is 6.07 Å². The molecular formula is C20H32O5Si. The van der Waals surface area contributed by atoms with Crippen LogP contribution in [0.1, 0.15) is 69.6 Å². The summed E-state index contributed by atoms with van der Waals surface area (Å²) >= 11 is 0. The molecule has 1 aromatic rings. The number of carboxylic acids is 1. The average molecular weight is 381 g/mol. The maximum Gasteiger partial charge on any atom is 0.335 e. The normalized spacial score (nSPS) is 18.6. The molecule has 0 heterocycles.